The molecule has 0 fully saturated rings. The van der Waals surface area contributed by atoms with Crippen LogP contribution in [0.4, 0.5) is 0 Å². The summed E-state index contributed by atoms with van der Waals surface area (Å²) in [4.78, 5) is 10.3. The van der Waals surface area contributed by atoms with Gasteiger partial charge in [0, 0.05) is 22.4 Å². The molecule has 2 nitrogen and oxygen atoms in total. The minimum atomic E-state index is 0.871. The van der Waals surface area contributed by atoms with E-state index in [0.717, 1.165) is 29.9 Å². The minimum absolute atomic E-state index is 0.871. The van der Waals surface area contributed by atoms with Crippen LogP contribution in [-0.4, -0.2) is 9.97 Å². The lowest BCUT2D eigenvalue weighted by atomic mass is 9.95. The summed E-state index contributed by atoms with van der Waals surface area (Å²) in [5.41, 5.74) is 6.15. The van der Waals surface area contributed by atoms with E-state index in [1.54, 1.807) is 0 Å². The molecule has 2 heteroatoms. The summed E-state index contributed by atoms with van der Waals surface area (Å²) < 4.78 is 0. The fraction of sp³-hybridized carbons (Fsp3) is 0.448. The molecule has 4 rings (SSSR count). The Kier molecular flexibility index (Phi) is 8.27. The van der Waals surface area contributed by atoms with Gasteiger partial charge in [-0.2, -0.15) is 0 Å². The van der Waals surface area contributed by atoms with Crippen molar-refractivity contribution in [2.45, 2.75) is 83.5 Å². The number of fused-ring (bicyclic) bond motifs is 1. The zero-order chi connectivity index (χ0) is 21.1. The Morgan fingerprint density at radius 3 is 1.52 bits per heavy atom. The van der Waals surface area contributed by atoms with Crippen molar-refractivity contribution in [2.24, 2.45) is 0 Å². The van der Waals surface area contributed by atoms with Crippen LogP contribution in [0.15, 0.2) is 60.7 Å². The second-order valence-corrected chi connectivity index (χ2v) is 8.94. The van der Waals surface area contributed by atoms with Gasteiger partial charge in [0.15, 0.2) is 5.82 Å². The molecule has 0 saturated carbocycles. The second-order valence-electron chi connectivity index (χ2n) is 8.94. The van der Waals surface area contributed by atoms with E-state index >= 15 is 0 Å². The van der Waals surface area contributed by atoms with E-state index < -0.39 is 0 Å². The Morgan fingerprint density at radius 2 is 0.935 bits per heavy atom. The third kappa shape index (κ3) is 6.26. The first-order valence-electron chi connectivity index (χ1n) is 12.4. The molecular formula is C29H36N2. The molecule has 162 valence electrons. The van der Waals surface area contributed by atoms with Gasteiger partial charge in [0.25, 0.3) is 0 Å². The first-order chi connectivity index (χ1) is 15.4. The van der Waals surface area contributed by atoms with Gasteiger partial charge in [0.1, 0.15) is 0 Å². The highest BCUT2D eigenvalue weighted by Gasteiger charge is 2.17. The number of hydrogen-bond acceptors (Lipinski definition) is 2. The van der Waals surface area contributed by atoms with Crippen molar-refractivity contribution in [3.8, 4) is 22.6 Å². The van der Waals surface area contributed by atoms with Crippen LogP contribution < -0.4 is 0 Å². The molecule has 0 atom stereocenters. The van der Waals surface area contributed by atoms with Crippen molar-refractivity contribution in [1.29, 1.82) is 0 Å². The average Bonchev–Trinajstić information content (AvgIpc) is 2.84. The van der Waals surface area contributed by atoms with Gasteiger partial charge in [-0.05, 0) is 25.7 Å². The van der Waals surface area contributed by atoms with Gasteiger partial charge >= 0.3 is 0 Å². The van der Waals surface area contributed by atoms with Gasteiger partial charge in [-0.3, -0.25) is 0 Å². The smallest absolute Gasteiger partial charge is 0.160 e. The van der Waals surface area contributed by atoms with Crippen molar-refractivity contribution in [2.75, 3.05) is 0 Å². The molecule has 0 bridgehead atoms. The summed E-state index contributed by atoms with van der Waals surface area (Å²) in [7, 11) is 0. The molecule has 0 unspecified atom stereocenters. The second kappa shape index (κ2) is 11.8. The normalized spacial score (nSPS) is 16.6. The number of aromatic nitrogens is 2. The van der Waals surface area contributed by atoms with Crippen molar-refractivity contribution >= 4 is 0 Å². The highest BCUT2D eigenvalue weighted by Crippen LogP contribution is 2.30. The van der Waals surface area contributed by atoms with E-state index in [2.05, 4.69) is 60.7 Å². The molecule has 3 aromatic rings. The van der Waals surface area contributed by atoms with Crippen LogP contribution in [0, 0.1) is 0 Å². The number of hydrogen-bond donors (Lipinski definition) is 0. The number of rotatable bonds is 2. The van der Waals surface area contributed by atoms with Crippen LogP contribution in [-0.2, 0) is 12.8 Å². The monoisotopic (exact) mass is 412 g/mol. The van der Waals surface area contributed by atoms with E-state index in [4.69, 9.17) is 9.97 Å². The molecule has 1 aromatic heterocycles. The van der Waals surface area contributed by atoms with E-state index in [9.17, 15) is 0 Å². The standard InChI is InChI=1S/C29H36N2/c1-2-4-6-8-16-22-26-27(23-17-9-7-5-3-1)30-29(25-20-14-11-15-21-25)31-28(26)24-18-12-10-13-19-24/h10-15,18-21H,1-9,16-17,22-23H2. The average molecular weight is 413 g/mol. The third-order valence-electron chi connectivity index (χ3n) is 6.51. The zero-order valence-electron chi connectivity index (χ0n) is 18.9. The SMILES string of the molecule is c1ccc(-c2nc3c(c(-c4ccccc4)n2)CCCCCCCCCCCCC3)cc1. The van der Waals surface area contributed by atoms with Crippen molar-refractivity contribution in [1.82, 2.24) is 9.97 Å². The van der Waals surface area contributed by atoms with Crippen LogP contribution >= 0.6 is 0 Å². The first-order valence-corrected chi connectivity index (χ1v) is 12.4. The van der Waals surface area contributed by atoms with Gasteiger partial charge in [-0.15, -0.1) is 0 Å². The van der Waals surface area contributed by atoms with Gasteiger partial charge in [-0.1, -0.05) is 118 Å². The van der Waals surface area contributed by atoms with Crippen molar-refractivity contribution in [3.63, 3.8) is 0 Å². The number of nitrogens with zero attached hydrogens (tertiary/aromatic N) is 2. The molecule has 0 aliphatic heterocycles. The third-order valence-corrected chi connectivity index (χ3v) is 6.51. The fourth-order valence-electron chi connectivity index (χ4n) is 4.74. The molecule has 0 spiro atoms. The topological polar surface area (TPSA) is 25.8 Å². The van der Waals surface area contributed by atoms with Crippen LogP contribution in [0.5, 0.6) is 0 Å². The lowest BCUT2D eigenvalue weighted by Crippen LogP contribution is -2.07. The Labute approximate surface area is 188 Å². The maximum Gasteiger partial charge on any atom is 0.160 e. The maximum absolute atomic E-state index is 5.15. The van der Waals surface area contributed by atoms with Gasteiger partial charge in [0.05, 0.1) is 5.69 Å². The molecule has 0 N–H and O–H groups in total. The quantitative estimate of drug-likeness (QED) is 0.424. The molecule has 31 heavy (non-hydrogen) atoms. The predicted molar refractivity (Wildman–Crippen MR) is 131 cm³/mol. The van der Waals surface area contributed by atoms with Crippen molar-refractivity contribution in [3.05, 3.63) is 71.9 Å². The Bertz CT molecular complexity index is 918. The van der Waals surface area contributed by atoms with Gasteiger partial charge in [-0.25, -0.2) is 9.97 Å². The molecule has 0 amide bonds. The number of aryl methyl sites for hydroxylation is 1. The minimum Gasteiger partial charge on any atom is -0.233 e. The Hall–Kier alpha value is -2.48. The van der Waals surface area contributed by atoms with E-state index in [0.29, 0.717) is 0 Å². The highest BCUT2D eigenvalue weighted by molar-refractivity contribution is 5.68. The summed E-state index contributed by atoms with van der Waals surface area (Å²) in [6, 6.07) is 21.2. The predicted octanol–water partition coefficient (Wildman–Crippen LogP) is 8.20. The molecule has 0 saturated heterocycles. The summed E-state index contributed by atoms with van der Waals surface area (Å²) in [6.45, 7) is 0. The first kappa shape index (κ1) is 21.7. The summed E-state index contributed by atoms with van der Waals surface area (Å²) in [5, 5.41) is 0. The molecular weight excluding hydrogens is 376 g/mol. The van der Waals surface area contributed by atoms with Gasteiger partial charge in [0.2, 0.25) is 0 Å². The van der Waals surface area contributed by atoms with Crippen LogP contribution in [0.3, 0.4) is 0 Å². The van der Waals surface area contributed by atoms with Crippen LogP contribution in [0.2, 0.25) is 0 Å². The lowest BCUT2D eigenvalue weighted by Gasteiger charge is -2.16. The Balaban J connectivity index is 1.71. The molecule has 1 heterocycles. The van der Waals surface area contributed by atoms with Crippen LogP contribution in [0.1, 0.15) is 81.9 Å². The summed E-state index contributed by atoms with van der Waals surface area (Å²) in [5.74, 6) is 0.871. The fourth-order valence-corrected chi connectivity index (χ4v) is 4.74. The largest absolute Gasteiger partial charge is 0.233 e. The van der Waals surface area contributed by atoms with E-state index in [1.165, 1.54) is 87.4 Å². The molecule has 1 aliphatic carbocycles. The van der Waals surface area contributed by atoms with E-state index in [-0.39, 0.29) is 0 Å². The zero-order valence-corrected chi connectivity index (χ0v) is 18.9. The van der Waals surface area contributed by atoms with Gasteiger partial charge < -0.3 is 0 Å². The molecule has 0 radical (unpaired) electrons. The highest BCUT2D eigenvalue weighted by atomic mass is 14.9. The molecule has 2 aromatic carbocycles. The van der Waals surface area contributed by atoms with E-state index in [1.807, 2.05) is 0 Å². The van der Waals surface area contributed by atoms with Crippen molar-refractivity contribution < 1.29 is 0 Å². The lowest BCUT2D eigenvalue weighted by molar-refractivity contribution is 0.548. The number of benzene rings is 2. The maximum atomic E-state index is 5.15. The Morgan fingerprint density at radius 1 is 0.452 bits per heavy atom. The van der Waals surface area contributed by atoms with Crippen LogP contribution in [0.25, 0.3) is 22.6 Å². The summed E-state index contributed by atoms with van der Waals surface area (Å²) in [6.07, 6.45) is 17.0. The molecule has 1 aliphatic rings. The summed E-state index contributed by atoms with van der Waals surface area (Å²) >= 11 is 0.